The van der Waals surface area contributed by atoms with E-state index in [0.717, 1.165) is 17.5 Å². The van der Waals surface area contributed by atoms with E-state index in [9.17, 15) is 14.3 Å². The molecule has 2 aromatic carbocycles. The summed E-state index contributed by atoms with van der Waals surface area (Å²) in [4.78, 5) is 15.3. The molecule has 2 atom stereocenters. The fraction of sp³-hybridized carbons (Fsp3) is 0.462. The van der Waals surface area contributed by atoms with E-state index in [-0.39, 0.29) is 31.5 Å². The van der Waals surface area contributed by atoms with E-state index in [2.05, 4.69) is 11.4 Å². The number of carbonyl (C=O) groups is 1. The van der Waals surface area contributed by atoms with Crippen molar-refractivity contribution >= 4 is 23.4 Å². The summed E-state index contributed by atoms with van der Waals surface area (Å²) in [5.41, 5.74) is 0.540. The minimum absolute atomic E-state index is 0.105. The van der Waals surface area contributed by atoms with Crippen molar-refractivity contribution in [3.8, 4) is 0 Å². The normalized spacial score (nSPS) is 19.9. The van der Waals surface area contributed by atoms with Gasteiger partial charge in [-0.3, -0.25) is 0 Å². The van der Waals surface area contributed by atoms with E-state index >= 15 is 4.39 Å². The second kappa shape index (κ2) is 9.70. The van der Waals surface area contributed by atoms with E-state index in [0.29, 0.717) is 11.7 Å². The summed E-state index contributed by atoms with van der Waals surface area (Å²) in [6.45, 7) is 5.25. The van der Waals surface area contributed by atoms with Crippen LogP contribution in [-0.2, 0) is 11.2 Å². The summed E-state index contributed by atoms with van der Waals surface area (Å²) in [6.07, 6.45) is -1.19. The molecule has 4 rings (SSSR count). The topological polar surface area (TPSA) is 65.0 Å². The molecule has 0 aliphatic carbocycles. The molecule has 188 valence electrons. The van der Waals surface area contributed by atoms with Crippen molar-refractivity contribution in [2.45, 2.75) is 50.6 Å². The molecule has 0 spiro atoms. The number of aliphatic hydroxyl groups is 1. The number of rotatable bonds is 4. The quantitative estimate of drug-likeness (QED) is 0.616. The molecule has 9 heteroatoms. The fourth-order valence-corrected chi connectivity index (χ4v) is 4.79. The molecule has 2 N–H and O–H groups in total. The maximum atomic E-state index is 15.2. The Hall–Kier alpha value is -2.78. The van der Waals surface area contributed by atoms with Gasteiger partial charge in [0, 0.05) is 13.1 Å². The molecular formula is C26H31F2N3O3S. The van der Waals surface area contributed by atoms with Gasteiger partial charge in [-0.15, -0.1) is 0 Å². The second-order valence-corrected chi connectivity index (χ2v) is 10.6. The van der Waals surface area contributed by atoms with Gasteiger partial charge in [0.1, 0.15) is 17.5 Å². The number of likely N-dealkylation sites (tertiary alicyclic amines) is 1. The summed E-state index contributed by atoms with van der Waals surface area (Å²) in [6, 6.07) is 14.1. The number of fused-ring (bicyclic) bond motifs is 1. The number of nitrogens with zero attached hydrogens (tertiary/aromatic N) is 2. The molecule has 1 unspecified atom stereocenters. The zero-order valence-corrected chi connectivity index (χ0v) is 20.9. The van der Waals surface area contributed by atoms with Crippen LogP contribution in [0, 0.1) is 5.82 Å². The lowest BCUT2D eigenvalue weighted by Gasteiger charge is -2.47. The van der Waals surface area contributed by atoms with E-state index < -0.39 is 23.5 Å². The van der Waals surface area contributed by atoms with Crippen LogP contribution < -0.4 is 5.32 Å². The van der Waals surface area contributed by atoms with Gasteiger partial charge in [-0.2, -0.15) is 0 Å². The number of hydrogen-bond acceptors (Lipinski definition) is 4. The van der Waals surface area contributed by atoms with Crippen LogP contribution in [0.5, 0.6) is 0 Å². The zero-order valence-electron chi connectivity index (χ0n) is 20.1. The van der Waals surface area contributed by atoms with Gasteiger partial charge in [-0.1, -0.05) is 36.4 Å². The van der Waals surface area contributed by atoms with Crippen LogP contribution in [0.4, 0.5) is 13.6 Å². The second-order valence-electron chi connectivity index (χ2n) is 10.2. The van der Waals surface area contributed by atoms with Crippen molar-refractivity contribution in [2.75, 3.05) is 26.2 Å². The van der Waals surface area contributed by atoms with E-state index in [1.807, 2.05) is 23.1 Å². The predicted octanol–water partition coefficient (Wildman–Crippen LogP) is 3.97. The number of amides is 1. The average molecular weight is 504 g/mol. The maximum absolute atomic E-state index is 15.2. The van der Waals surface area contributed by atoms with Crippen molar-refractivity contribution in [1.29, 1.82) is 0 Å². The Morgan fingerprint density at radius 2 is 1.89 bits per heavy atom. The lowest BCUT2D eigenvalue weighted by atomic mass is 9.88. The van der Waals surface area contributed by atoms with Gasteiger partial charge in [0.25, 0.3) is 0 Å². The standard InChI is InChI=1S/C26H31F2N3O3S/c1-25(2,3)34-24(33)30-15-26(28,16-30)21(32)14-29-23(35)31-13-12-17-6-4-5-7-20(17)22(31)18-8-10-19(27)11-9-18/h4-11,21-22,32H,12-16H2,1-3H3,(H,29,35)/t21?,22-/m0/s1. The van der Waals surface area contributed by atoms with Crippen LogP contribution in [0.15, 0.2) is 48.5 Å². The largest absolute Gasteiger partial charge is 0.444 e. The van der Waals surface area contributed by atoms with Gasteiger partial charge in [-0.05, 0) is 68.2 Å². The summed E-state index contributed by atoms with van der Waals surface area (Å²) < 4.78 is 34.0. The number of benzene rings is 2. The Balaban J connectivity index is 1.41. The van der Waals surface area contributed by atoms with Crippen LogP contribution >= 0.6 is 12.2 Å². The number of ether oxygens (including phenoxy) is 1. The molecule has 1 amide bonds. The first-order chi connectivity index (χ1) is 16.5. The van der Waals surface area contributed by atoms with Crippen LogP contribution in [0.1, 0.15) is 43.5 Å². The van der Waals surface area contributed by atoms with Crippen LogP contribution in [-0.4, -0.2) is 69.7 Å². The fourth-order valence-electron chi connectivity index (χ4n) is 4.51. The van der Waals surface area contributed by atoms with Gasteiger partial charge in [0.15, 0.2) is 10.8 Å². The number of halogens is 2. The molecule has 0 saturated carbocycles. The molecule has 0 radical (unpaired) electrons. The van der Waals surface area contributed by atoms with Crippen LogP contribution in [0.3, 0.4) is 0 Å². The first-order valence-corrected chi connectivity index (χ1v) is 12.1. The molecule has 6 nitrogen and oxygen atoms in total. The summed E-state index contributed by atoms with van der Waals surface area (Å²) in [5, 5.41) is 13.9. The lowest BCUT2D eigenvalue weighted by molar-refractivity contribution is -0.108. The molecule has 35 heavy (non-hydrogen) atoms. The molecule has 2 aliphatic rings. The molecule has 2 aromatic rings. The van der Waals surface area contributed by atoms with Crippen molar-refractivity contribution in [3.63, 3.8) is 0 Å². The number of aliphatic hydroxyl groups excluding tert-OH is 1. The highest BCUT2D eigenvalue weighted by atomic mass is 32.1. The first-order valence-electron chi connectivity index (χ1n) is 11.7. The Labute approximate surface area is 209 Å². The van der Waals surface area contributed by atoms with Gasteiger partial charge in [0.2, 0.25) is 0 Å². The third-order valence-corrected chi connectivity index (χ3v) is 6.71. The third kappa shape index (κ3) is 5.56. The van der Waals surface area contributed by atoms with Crippen molar-refractivity contribution in [2.24, 2.45) is 0 Å². The third-order valence-electron chi connectivity index (χ3n) is 6.33. The highest BCUT2D eigenvalue weighted by Gasteiger charge is 2.52. The first kappa shape index (κ1) is 25.3. The number of thiocarbonyl (C=S) groups is 1. The monoisotopic (exact) mass is 503 g/mol. The minimum atomic E-state index is -1.94. The molecular weight excluding hydrogens is 472 g/mol. The van der Waals surface area contributed by atoms with E-state index in [1.54, 1.807) is 32.9 Å². The number of alkyl halides is 1. The highest BCUT2D eigenvalue weighted by molar-refractivity contribution is 7.80. The molecule has 1 saturated heterocycles. The van der Waals surface area contributed by atoms with Crippen molar-refractivity contribution in [1.82, 2.24) is 15.1 Å². The Morgan fingerprint density at radius 3 is 2.54 bits per heavy atom. The number of carbonyl (C=O) groups excluding carboxylic acids is 1. The van der Waals surface area contributed by atoms with Gasteiger partial charge in [0.05, 0.1) is 19.1 Å². The average Bonchev–Trinajstić information content (AvgIpc) is 2.79. The smallest absolute Gasteiger partial charge is 0.410 e. The number of hydrogen-bond donors (Lipinski definition) is 2. The predicted molar refractivity (Wildman–Crippen MR) is 133 cm³/mol. The molecule has 2 aliphatic heterocycles. The summed E-state index contributed by atoms with van der Waals surface area (Å²) in [7, 11) is 0. The van der Waals surface area contributed by atoms with Crippen LogP contribution in [0.25, 0.3) is 0 Å². The summed E-state index contributed by atoms with van der Waals surface area (Å²) in [5.74, 6) is -0.317. The van der Waals surface area contributed by atoms with E-state index in [4.69, 9.17) is 17.0 Å². The van der Waals surface area contributed by atoms with Gasteiger partial charge < -0.3 is 25.0 Å². The van der Waals surface area contributed by atoms with Crippen molar-refractivity contribution in [3.05, 3.63) is 71.0 Å². The Morgan fingerprint density at radius 1 is 1.23 bits per heavy atom. The molecule has 0 aromatic heterocycles. The molecule has 2 heterocycles. The highest BCUT2D eigenvalue weighted by Crippen LogP contribution is 2.35. The SMILES string of the molecule is CC(C)(C)OC(=O)N1CC(F)(C(O)CNC(=S)N2CCc3ccccc3[C@@H]2c2ccc(F)cc2)C1. The number of nitrogens with one attached hydrogen (secondary N) is 1. The van der Waals surface area contributed by atoms with Gasteiger partial charge >= 0.3 is 6.09 Å². The molecule has 1 fully saturated rings. The Bertz CT molecular complexity index is 1080. The lowest BCUT2D eigenvalue weighted by Crippen LogP contribution is -2.68. The zero-order chi connectivity index (χ0) is 25.4. The van der Waals surface area contributed by atoms with E-state index in [1.165, 1.54) is 22.6 Å². The van der Waals surface area contributed by atoms with Gasteiger partial charge in [-0.25, -0.2) is 13.6 Å². The summed E-state index contributed by atoms with van der Waals surface area (Å²) >= 11 is 5.65. The maximum Gasteiger partial charge on any atom is 0.410 e. The molecule has 0 bridgehead atoms. The Kier molecular flexibility index (Phi) is 7.02. The van der Waals surface area contributed by atoms with Crippen LogP contribution in [0.2, 0.25) is 0 Å². The van der Waals surface area contributed by atoms with Crippen molar-refractivity contribution < 1.29 is 23.4 Å². The minimum Gasteiger partial charge on any atom is -0.444 e.